The molecule has 1 heterocycles. The van der Waals surface area contributed by atoms with Crippen LogP contribution in [0.2, 0.25) is 5.02 Å². The summed E-state index contributed by atoms with van der Waals surface area (Å²) in [6.07, 6.45) is 1.23. The highest BCUT2D eigenvalue weighted by Gasteiger charge is 2.11. The summed E-state index contributed by atoms with van der Waals surface area (Å²) in [6.45, 7) is 0. The molecule has 0 aliphatic heterocycles. The first-order valence-electron chi connectivity index (χ1n) is 5.33. The Labute approximate surface area is 113 Å². The maximum Gasteiger partial charge on any atom is 0.337 e. The lowest BCUT2D eigenvalue weighted by Gasteiger charge is -2.11. The molecule has 0 bridgehead atoms. The molecule has 6 heteroatoms. The van der Waals surface area contributed by atoms with Gasteiger partial charge in [-0.3, -0.25) is 9.36 Å². The Balaban J connectivity index is 2.70. The number of carbonyl (C=O) groups is 1. The number of carboxylic acids is 1. The second-order valence-corrected chi connectivity index (χ2v) is 4.18. The van der Waals surface area contributed by atoms with Crippen LogP contribution < -0.4 is 10.3 Å². The topological polar surface area (TPSA) is 68.5 Å². The minimum Gasteiger partial charge on any atom is -0.495 e. The molecule has 0 atom stereocenters. The van der Waals surface area contributed by atoms with Crippen LogP contribution in [0.5, 0.6) is 5.75 Å². The van der Waals surface area contributed by atoms with Crippen LogP contribution in [0.4, 0.5) is 0 Å². The van der Waals surface area contributed by atoms with Crippen LogP contribution in [0.15, 0.2) is 41.3 Å². The Kier molecular flexibility index (Phi) is 3.57. The molecular formula is C13H10ClNO4. The molecule has 2 aromatic rings. The van der Waals surface area contributed by atoms with Crippen LogP contribution in [0, 0.1) is 0 Å². The van der Waals surface area contributed by atoms with Crippen LogP contribution in [0.1, 0.15) is 10.4 Å². The van der Waals surface area contributed by atoms with Gasteiger partial charge in [-0.1, -0.05) is 11.6 Å². The number of methoxy groups -OCH3 is 1. The highest BCUT2D eigenvalue weighted by molar-refractivity contribution is 6.30. The van der Waals surface area contributed by atoms with E-state index in [-0.39, 0.29) is 11.1 Å². The predicted octanol–water partition coefficient (Wildman–Crippen LogP) is 2.20. The van der Waals surface area contributed by atoms with Crippen LogP contribution in [0.3, 0.4) is 0 Å². The maximum absolute atomic E-state index is 11.8. The molecule has 0 saturated carbocycles. The Morgan fingerprint density at radius 1 is 1.32 bits per heavy atom. The summed E-state index contributed by atoms with van der Waals surface area (Å²) in [4.78, 5) is 22.8. The van der Waals surface area contributed by atoms with Gasteiger partial charge >= 0.3 is 5.97 Å². The minimum absolute atomic E-state index is 0.00151. The molecule has 98 valence electrons. The molecule has 2 rings (SSSR count). The van der Waals surface area contributed by atoms with Crippen molar-refractivity contribution in [3.63, 3.8) is 0 Å². The van der Waals surface area contributed by atoms with E-state index < -0.39 is 5.97 Å². The lowest BCUT2D eigenvalue weighted by molar-refractivity contribution is 0.0696. The van der Waals surface area contributed by atoms with Crippen molar-refractivity contribution < 1.29 is 14.6 Å². The quantitative estimate of drug-likeness (QED) is 0.935. The standard InChI is InChI=1S/C13H10ClNO4/c1-19-11-4-3-9(14)6-10(11)15-7-8(13(17)18)2-5-12(15)16/h2-7H,1H3,(H,17,18). The summed E-state index contributed by atoms with van der Waals surface area (Å²) >= 11 is 5.89. The molecule has 1 N–H and O–H groups in total. The monoisotopic (exact) mass is 279 g/mol. The van der Waals surface area contributed by atoms with Crippen molar-refractivity contribution in [1.82, 2.24) is 4.57 Å². The van der Waals surface area contributed by atoms with E-state index in [0.717, 1.165) is 0 Å². The third kappa shape index (κ3) is 2.61. The minimum atomic E-state index is -1.12. The summed E-state index contributed by atoms with van der Waals surface area (Å²) < 4.78 is 6.33. The van der Waals surface area contributed by atoms with Gasteiger partial charge in [0.1, 0.15) is 5.75 Å². The first kappa shape index (κ1) is 13.2. The number of hydrogen-bond acceptors (Lipinski definition) is 3. The maximum atomic E-state index is 11.8. The first-order chi connectivity index (χ1) is 9.02. The van der Waals surface area contributed by atoms with E-state index in [0.29, 0.717) is 16.5 Å². The Morgan fingerprint density at radius 2 is 2.05 bits per heavy atom. The number of pyridine rings is 1. The van der Waals surface area contributed by atoms with Gasteiger partial charge in [-0.05, 0) is 24.3 Å². The van der Waals surface area contributed by atoms with E-state index in [1.165, 1.54) is 36.1 Å². The molecular weight excluding hydrogens is 270 g/mol. The van der Waals surface area contributed by atoms with Gasteiger partial charge in [0, 0.05) is 17.3 Å². The molecule has 0 aliphatic rings. The largest absolute Gasteiger partial charge is 0.495 e. The van der Waals surface area contributed by atoms with Gasteiger partial charge in [-0.15, -0.1) is 0 Å². The van der Waals surface area contributed by atoms with Gasteiger partial charge < -0.3 is 9.84 Å². The van der Waals surface area contributed by atoms with Gasteiger partial charge in [-0.25, -0.2) is 4.79 Å². The van der Waals surface area contributed by atoms with Crippen molar-refractivity contribution in [1.29, 1.82) is 0 Å². The zero-order valence-electron chi connectivity index (χ0n) is 9.96. The van der Waals surface area contributed by atoms with E-state index >= 15 is 0 Å². The molecule has 0 spiro atoms. The summed E-state index contributed by atoms with van der Waals surface area (Å²) in [5, 5.41) is 9.38. The summed E-state index contributed by atoms with van der Waals surface area (Å²) in [7, 11) is 1.46. The van der Waals surface area contributed by atoms with Crippen molar-refractivity contribution >= 4 is 17.6 Å². The summed E-state index contributed by atoms with van der Waals surface area (Å²) in [5.41, 5.74) is 0.0234. The average molecular weight is 280 g/mol. The lowest BCUT2D eigenvalue weighted by Crippen LogP contribution is -2.19. The lowest BCUT2D eigenvalue weighted by atomic mass is 10.2. The second-order valence-electron chi connectivity index (χ2n) is 3.75. The number of carboxylic acid groups (broad SMARTS) is 1. The smallest absolute Gasteiger partial charge is 0.337 e. The molecule has 0 radical (unpaired) electrons. The number of aromatic carboxylic acids is 1. The van der Waals surface area contributed by atoms with Crippen LogP contribution in [-0.4, -0.2) is 22.8 Å². The van der Waals surface area contributed by atoms with Crippen LogP contribution >= 0.6 is 11.6 Å². The molecule has 1 aromatic heterocycles. The molecule has 5 nitrogen and oxygen atoms in total. The summed E-state index contributed by atoms with van der Waals surface area (Å²) in [5.74, 6) is -0.691. The second kappa shape index (κ2) is 5.16. The van der Waals surface area contributed by atoms with Gasteiger partial charge in [0.25, 0.3) is 5.56 Å². The fourth-order valence-electron chi connectivity index (χ4n) is 1.65. The van der Waals surface area contributed by atoms with Crippen molar-refractivity contribution in [3.05, 3.63) is 57.5 Å². The van der Waals surface area contributed by atoms with Gasteiger partial charge in [0.05, 0.1) is 18.4 Å². The fraction of sp³-hybridized carbons (Fsp3) is 0.0769. The predicted molar refractivity (Wildman–Crippen MR) is 70.6 cm³/mol. The normalized spacial score (nSPS) is 10.2. The number of rotatable bonds is 3. The number of benzene rings is 1. The molecule has 0 amide bonds. The van der Waals surface area contributed by atoms with Gasteiger partial charge in [0.15, 0.2) is 0 Å². The number of halogens is 1. The highest BCUT2D eigenvalue weighted by Crippen LogP contribution is 2.25. The van der Waals surface area contributed by atoms with E-state index in [1.54, 1.807) is 12.1 Å². The zero-order valence-corrected chi connectivity index (χ0v) is 10.7. The zero-order chi connectivity index (χ0) is 14.0. The fourth-order valence-corrected chi connectivity index (χ4v) is 1.82. The molecule has 1 aromatic carbocycles. The summed E-state index contributed by atoms with van der Waals surface area (Å²) in [6, 6.07) is 7.20. The number of nitrogens with zero attached hydrogens (tertiary/aromatic N) is 1. The van der Waals surface area contributed by atoms with E-state index in [1.807, 2.05) is 0 Å². The van der Waals surface area contributed by atoms with Crippen molar-refractivity contribution in [3.8, 4) is 11.4 Å². The Bertz CT molecular complexity index is 693. The van der Waals surface area contributed by atoms with Crippen LogP contribution in [-0.2, 0) is 0 Å². The number of hydrogen-bond donors (Lipinski definition) is 1. The molecule has 0 unspecified atom stereocenters. The first-order valence-corrected chi connectivity index (χ1v) is 5.70. The van der Waals surface area contributed by atoms with E-state index in [2.05, 4.69) is 0 Å². The Hall–Kier alpha value is -2.27. The number of ether oxygens (including phenoxy) is 1. The third-order valence-electron chi connectivity index (χ3n) is 2.56. The van der Waals surface area contributed by atoms with Gasteiger partial charge in [-0.2, -0.15) is 0 Å². The Morgan fingerprint density at radius 3 is 2.68 bits per heavy atom. The number of aromatic nitrogens is 1. The molecule has 0 aliphatic carbocycles. The van der Waals surface area contributed by atoms with Crippen LogP contribution in [0.25, 0.3) is 5.69 Å². The van der Waals surface area contributed by atoms with Crippen molar-refractivity contribution in [2.75, 3.05) is 7.11 Å². The highest BCUT2D eigenvalue weighted by atomic mass is 35.5. The van der Waals surface area contributed by atoms with Crippen molar-refractivity contribution in [2.24, 2.45) is 0 Å². The van der Waals surface area contributed by atoms with E-state index in [4.69, 9.17) is 21.4 Å². The van der Waals surface area contributed by atoms with E-state index in [9.17, 15) is 9.59 Å². The molecule has 0 fully saturated rings. The molecule has 19 heavy (non-hydrogen) atoms. The SMILES string of the molecule is COc1ccc(Cl)cc1-n1cc(C(=O)O)ccc1=O. The third-order valence-corrected chi connectivity index (χ3v) is 2.79. The van der Waals surface area contributed by atoms with Crippen molar-refractivity contribution in [2.45, 2.75) is 0 Å². The van der Waals surface area contributed by atoms with Gasteiger partial charge in [0.2, 0.25) is 0 Å². The molecule has 0 saturated heterocycles. The average Bonchev–Trinajstić information content (AvgIpc) is 2.39.